The Hall–Kier alpha value is -4.13. The van der Waals surface area contributed by atoms with E-state index in [2.05, 4.69) is 5.32 Å². The molecule has 3 aromatic carbocycles. The van der Waals surface area contributed by atoms with Gasteiger partial charge in [-0.05, 0) is 42.0 Å². The topological polar surface area (TPSA) is 76.5 Å². The molecule has 1 aromatic heterocycles. The zero-order valence-electron chi connectivity index (χ0n) is 17.6. The van der Waals surface area contributed by atoms with Crippen LogP contribution in [0.5, 0.6) is 5.75 Å². The number of rotatable bonds is 5. The number of carbonyl (C=O) groups excluding carboxylic acids is 2. The van der Waals surface area contributed by atoms with Gasteiger partial charge in [-0.15, -0.1) is 0 Å². The van der Waals surface area contributed by atoms with Gasteiger partial charge < -0.3 is 10.1 Å². The first-order valence-electron chi connectivity index (χ1n) is 10.4. The smallest absolute Gasteiger partial charge is 0.248 e. The van der Waals surface area contributed by atoms with Crippen LogP contribution in [0.15, 0.2) is 78.9 Å². The molecule has 0 fully saturated rings. The molecule has 32 heavy (non-hydrogen) atoms. The van der Waals surface area contributed by atoms with E-state index in [9.17, 15) is 9.59 Å². The number of carbonyl (C=O) groups is 2. The van der Waals surface area contributed by atoms with Gasteiger partial charge in [-0.3, -0.25) is 19.1 Å². The Bertz CT molecular complexity index is 1280. The van der Waals surface area contributed by atoms with Crippen LogP contribution in [0.1, 0.15) is 18.0 Å². The minimum absolute atomic E-state index is 0.0577. The van der Waals surface area contributed by atoms with Crippen LogP contribution in [0.3, 0.4) is 0 Å². The first-order chi connectivity index (χ1) is 15.6. The Morgan fingerprint density at radius 1 is 1.03 bits per heavy atom. The minimum Gasteiger partial charge on any atom is -0.497 e. The van der Waals surface area contributed by atoms with E-state index in [-0.39, 0.29) is 18.2 Å². The minimum atomic E-state index is -0.695. The third-order valence-corrected chi connectivity index (χ3v) is 5.64. The highest BCUT2D eigenvalue weighted by molar-refractivity contribution is 6.04. The second-order valence-corrected chi connectivity index (χ2v) is 7.67. The Balaban J connectivity index is 1.52. The first kappa shape index (κ1) is 19.8. The van der Waals surface area contributed by atoms with Gasteiger partial charge in [0.05, 0.1) is 31.1 Å². The molecule has 2 amide bonds. The van der Waals surface area contributed by atoms with Crippen molar-refractivity contribution in [2.45, 2.75) is 19.0 Å². The largest absolute Gasteiger partial charge is 0.497 e. The van der Waals surface area contributed by atoms with Crippen LogP contribution in [0.2, 0.25) is 0 Å². The lowest BCUT2D eigenvalue weighted by Gasteiger charge is -2.32. The summed E-state index contributed by atoms with van der Waals surface area (Å²) in [5.74, 6) is 0.801. The Labute approximate surface area is 185 Å². The molecule has 5 rings (SSSR count). The summed E-state index contributed by atoms with van der Waals surface area (Å²) in [5.41, 5.74) is 3.21. The molecule has 2 heterocycles. The predicted molar refractivity (Wildman–Crippen MR) is 123 cm³/mol. The average Bonchev–Trinajstić information content (AvgIpc) is 3.21. The van der Waals surface area contributed by atoms with Crippen LogP contribution < -0.4 is 15.0 Å². The summed E-state index contributed by atoms with van der Waals surface area (Å²) < 4.78 is 7.05. The zero-order chi connectivity index (χ0) is 22.1. The third kappa shape index (κ3) is 3.58. The second-order valence-electron chi connectivity index (χ2n) is 7.67. The number of amides is 2. The number of methoxy groups -OCH3 is 1. The standard InChI is InChI=1S/C25H22N4O3/c1-32-19-13-11-18(12-14-19)26-24(31)22-15-23(30)28(16-17-7-3-2-4-8-17)25-27-20-9-5-6-10-21(20)29(22)25/h2-14,22H,15-16H2,1H3,(H,26,31)/t22-/m1/s1. The summed E-state index contributed by atoms with van der Waals surface area (Å²) >= 11 is 0. The lowest BCUT2D eigenvalue weighted by atomic mass is 10.1. The van der Waals surface area contributed by atoms with Crippen molar-refractivity contribution in [3.05, 3.63) is 84.4 Å². The molecule has 0 unspecified atom stereocenters. The summed E-state index contributed by atoms with van der Waals surface area (Å²) in [6.07, 6.45) is 0.0577. The van der Waals surface area contributed by atoms with Crippen LogP contribution in [0.4, 0.5) is 11.6 Å². The van der Waals surface area contributed by atoms with Gasteiger partial charge in [-0.25, -0.2) is 4.98 Å². The van der Waals surface area contributed by atoms with Crippen LogP contribution in [0, 0.1) is 0 Å². The van der Waals surface area contributed by atoms with Gasteiger partial charge in [-0.1, -0.05) is 42.5 Å². The number of para-hydroxylation sites is 2. The van der Waals surface area contributed by atoms with Crippen molar-refractivity contribution in [3.63, 3.8) is 0 Å². The SMILES string of the molecule is COc1ccc(NC(=O)[C@H]2CC(=O)N(Cc3ccccc3)c3nc4ccccc4n32)cc1. The highest BCUT2D eigenvalue weighted by Gasteiger charge is 2.37. The van der Waals surface area contributed by atoms with Crippen LogP contribution >= 0.6 is 0 Å². The van der Waals surface area contributed by atoms with E-state index in [1.165, 1.54) is 0 Å². The zero-order valence-corrected chi connectivity index (χ0v) is 17.6. The summed E-state index contributed by atoms with van der Waals surface area (Å²) in [4.78, 5) is 32.8. The molecule has 160 valence electrons. The maximum atomic E-state index is 13.3. The molecular weight excluding hydrogens is 404 g/mol. The summed E-state index contributed by atoms with van der Waals surface area (Å²) in [6, 6.07) is 23.8. The van der Waals surface area contributed by atoms with E-state index >= 15 is 0 Å². The Kier molecular flexibility index (Phi) is 5.07. The number of nitrogens with one attached hydrogen (secondary N) is 1. The molecule has 0 radical (unpaired) electrons. The van der Waals surface area contributed by atoms with Gasteiger partial charge in [-0.2, -0.15) is 0 Å². The monoisotopic (exact) mass is 426 g/mol. The lowest BCUT2D eigenvalue weighted by Crippen LogP contribution is -2.42. The number of fused-ring (bicyclic) bond motifs is 3. The maximum Gasteiger partial charge on any atom is 0.248 e. The Morgan fingerprint density at radius 3 is 2.50 bits per heavy atom. The van der Waals surface area contributed by atoms with Crippen molar-refractivity contribution in [2.24, 2.45) is 0 Å². The fourth-order valence-corrected chi connectivity index (χ4v) is 4.04. The lowest BCUT2D eigenvalue weighted by molar-refractivity contribution is -0.126. The van der Waals surface area contributed by atoms with Crippen molar-refractivity contribution in [1.82, 2.24) is 9.55 Å². The molecule has 1 aliphatic rings. The number of anilines is 2. The van der Waals surface area contributed by atoms with Crippen LogP contribution in [-0.2, 0) is 16.1 Å². The molecule has 1 N–H and O–H groups in total. The second kappa shape index (κ2) is 8.19. The fourth-order valence-electron chi connectivity index (χ4n) is 4.04. The predicted octanol–water partition coefficient (Wildman–Crippen LogP) is 4.16. The number of ether oxygens (including phenoxy) is 1. The van der Waals surface area contributed by atoms with Crippen molar-refractivity contribution >= 4 is 34.5 Å². The number of hydrogen-bond acceptors (Lipinski definition) is 4. The van der Waals surface area contributed by atoms with E-state index in [1.807, 2.05) is 59.2 Å². The van der Waals surface area contributed by atoms with Gasteiger partial charge >= 0.3 is 0 Å². The highest BCUT2D eigenvalue weighted by Crippen LogP contribution is 2.35. The molecular formula is C25H22N4O3. The molecule has 1 atom stereocenters. The van der Waals surface area contributed by atoms with Crippen LogP contribution in [-0.4, -0.2) is 28.5 Å². The summed E-state index contributed by atoms with van der Waals surface area (Å²) in [7, 11) is 1.59. The molecule has 0 bridgehead atoms. The molecule has 1 aliphatic heterocycles. The van der Waals surface area contributed by atoms with E-state index in [1.54, 1.807) is 36.3 Å². The van der Waals surface area contributed by atoms with E-state index in [0.717, 1.165) is 16.6 Å². The first-order valence-corrected chi connectivity index (χ1v) is 10.4. The number of imidazole rings is 1. The molecule has 0 spiro atoms. The maximum absolute atomic E-state index is 13.3. The van der Waals surface area contributed by atoms with Crippen molar-refractivity contribution in [3.8, 4) is 5.75 Å². The quantitative estimate of drug-likeness (QED) is 0.520. The number of hydrogen-bond donors (Lipinski definition) is 1. The fraction of sp³-hybridized carbons (Fsp3) is 0.160. The molecule has 7 nitrogen and oxygen atoms in total. The highest BCUT2D eigenvalue weighted by atomic mass is 16.5. The Morgan fingerprint density at radius 2 is 1.75 bits per heavy atom. The normalized spacial score (nSPS) is 15.5. The van der Waals surface area contributed by atoms with Crippen LogP contribution in [0.25, 0.3) is 11.0 Å². The number of nitrogens with zero attached hydrogens (tertiary/aromatic N) is 3. The third-order valence-electron chi connectivity index (χ3n) is 5.64. The van der Waals surface area contributed by atoms with Crippen molar-refractivity contribution < 1.29 is 14.3 Å². The van der Waals surface area contributed by atoms with Crippen molar-refractivity contribution in [1.29, 1.82) is 0 Å². The van der Waals surface area contributed by atoms with Gasteiger partial charge in [0.15, 0.2) is 0 Å². The van der Waals surface area contributed by atoms with E-state index < -0.39 is 6.04 Å². The molecule has 0 aliphatic carbocycles. The van der Waals surface area contributed by atoms with E-state index in [4.69, 9.17) is 9.72 Å². The number of benzene rings is 3. The van der Waals surface area contributed by atoms with Gasteiger partial charge in [0.1, 0.15) is 11.8 Å². The van der Waals surface area contributed by atoms with E-state index in [0.29, 0.717) is 23.9 Å². The van der Waals surface area contributed by atoms with Gasteiger partial charge in [0.2, 0.25) is 17.8 Å². The molecule has 7 heteroatoms. The molecule has 0 saturated heterocycles. The summed E-state index contributed by atoms with van der Waals surface area (Å²) in [5, 5.41) is 2.93. The molecule has 0 saturated carbocycles. The van der Waals surface area contributed by atoms with Gasteiger partial charge in [0, 0.05) is 5.69 Å². The summed E-state index contributed by atoms with van der Waals surface area (Å²) in [6.45, 7) is 0.399. The van der Waals surface area contributed by atoms with Crippen molar-refractivity contribution in [2.75, 3.05) is 17.3 Å². The molecule has 4 aromatic rings. The van der Waals surface area contributed by atoms with Gasteiger partial charge in [0.25, 0.3) is 0 Å². The number of aromatic nitrogens is 2. The average molecular weight is 426 g/mol.